The van der Waals surface area contributed by atoms with E-state index in [0.29, 0.717) is 13.2 Å². The normalized spacial score (nSPS) is 20.0. The third-order valence-electron chi connectivity index (χ3n) is 2.39. The Bertz CT molecular complexity index is 243. The predicted octanol–water partition coefficient (Wildman–Crippen LogP) is 0.851. The Morgan fingerprint density at radius 2 is 2.00 bits per heavy atom. The lowest BCUT2D eigenvalue weighted by atomic mass is 10.1. The molecule has 0 aliphatic carbocycles. The third-order valence-corrected chi connectivity index (χ3v) is 2.39. The molecule has 1 fully saturated rings. The van der Waals surface area contributed by atoms with Crippen LogP contribution in [-0.2, 0) is 19.0 Å². The molecule has 1 saturated heterocycles. The highest BCUT2D eigenvalue weighted by Gasteiger charge is 2.23. The van der Waals surface area contributed by atoms with Crippen molar-refractivity contribution in [3.05, 3.63) is 0 Å². The van der Waals surface area contributed by atoms with Crippen molar-refractivity contribution in [1.82, 2.24) is 0 Å². The second-order valence-corrected chi connectivity index (χ2v) is 5.29. The first kappa shape index (κ1) is 14.4. The zero-order valence-electron chi connectivity index (χ0n) is 10.9. The zero-order valence-corrected chi connectivity index (χ0v) is 10.9. The monoisotopic (exact) mass is 245 g/mol. The molecule has 0 amide bonds. The molecule has 1 heterocycles. The maximum Gasteiger partial charge on any atom is 0.325 e. The Balaban J connectivity index is 2.23. The average molecular weight is 245 g/mol. The maximum atomic E-state index is 11.6. The summed E-state index contributed by atoms with van der Waals surface area (Å²) in [6, 6.07) is -0.711. The number of rotatable bonds is 4. The Morgan fingerprint density at radius 3 is 2.53 bits per heavy atom. The van der Waals surface area contributed by atoms with Gasteiger partial charge in [-0.2, -0.15) is 0 Å². The van der Waals surface area contributed by atoms with E-state index >= 15 is 0 Å². The van der Waals surface area contributed by atoms with Crippen LogP contribution in [0.1, 0.15) is 33.6 Å². The van der Waals surface area contributed by atoms with Crippen molar-refractivity contribution in [3.63, 3.8) is 0 Å². The predicted molar refractivity (Wildman–Crippen MR) is 63.6 cm³/mol. The summed E-state index contributed by atoms with van der Waals surface area (Å²) in [6.45, 7) is 7.09. The fourth-order valence-corrected chi connectivity index (χ4v) is 1.53. The average Bonchev–Trinajstić information content (AvgIpc) is 2.25. The maximum absolute atomic E-state index is 11.6. The first-order valence-electron chi connectivity index (χ1n) is 6.06. The summed E-state index contributed by atoms with van der Waals surface area (Å²) >= 11 is 0. The number of esters is 1. The van der Waals surface area contributed by atoms with Gasteiger partial charge < -0.3 is 19.9 Å². The van der Waals surface area contributed by atoms with Crippen LogP contribution in [0.25, 0.3) is 0 Å². The molecule has 5 nitrogen and oxygen atoms in total. The van der Waals surface area contributed by atoms with Crippen molar-refractivity contribution in [1.29, 1.82) is 0 Å². The lowest BCUT2D eigenvalue weighted by Crippen LogP contribution is -2.41. The zero-order chi connectivity index (χ0) is 12.9. The summed E-state index contributed by atoms with van der Waals surface area (Å²) in [4.78, 5) is 11.6. The molecule has 0 saturated carbocycles. The fraction of sp³-hybridized carbons (Fsp3) is 0.917. The van der Waals surface area contributed by atoms with Crippen LogP contribution in [0.5, 0.6) is 0 Å². The molecule has 0 aromatic heterocycles. The summed E-state index contributed by atoms with van der Waals surface area (Å²) < 4.78 is 16.0. The highest BCUT2D eigenvalue weighted by atomic mass is 16.6. The van der Waals surface area contributed by atoms with Crippen molar-refractivity contribution in [2.45, 2.75) is 51.4 Å². The first-order valence-corrected chi connectivity index (χ1v) is 6.06. The molecule has 1 atom stereocenters. The van der Waals surface area contributed by atoms with Gasteiger partial charge in [-0.25, -0.2) is 0 Å². The van der Waals surface area contributed by atoms with Gasteiger partial charge in [0.2, 0.25) is 0 Å². The van der Waals surface area contributed by atoms with E-state index in [1.165, 1.54) is 0 Å². The highest BCUT2D eigenvalue weighted by Crippen LogP contribution is 2.12. The molecule has 2 N–H and O–H groups in total. The summed E-state index contributed by atoms with van der Waals surface area (Å²) in [5, 5.41) is 0. The van der Waals surface area contributed by atoms with Crippen LogP contribution in [0.4, 0.5) is 0 Å². The molecule has 100 valence electrons. The molecular weight excluding hydrogens is 222 g/mol. The van der Waals surface area contributed by atoms with Gasteiger partial charge in [0.25, 0.3) is 0 Å². The lowest BCUT2D eigenvalue weighted by molar-refractivity contribution is -0.158. The van der Waals surface area contributed by atoms with Gasteiger partial charge in [-0.15, -0.1) is 0 Å². The third kappa shape index (κ3) is 6.00. The Morgan fingerprint density at radius 1 is 1.41 bits per heavy atom. The van der Waals surface area contributed by atoms with Gasteiger partial charge in [-0.05, 0) is 33.6 Å². The molecule has 0 aromatic carbocycles. The number of hydrogen-bond acceptors (Lipinski definition) is 5. The molecular formula is C12H23NO4. The highest BCUT2D eigenvalue weighted by molar-refractivity contribution is 5.76. The second kappa shape index (κ2) is 6.33. The van der Waals surface area contributed by atoms with E-state index in [0.717, 1.165) is 12.8 Å². The van der Waals surface area contributed by atoms with Crippen molar-refractivity contribution in [2.75, 3.05) is 19.8 Å². The fourth-order valence-electron chi connectivity index (χ4n) is 1.53. The van der Waals surface area contributed by atoms with E-state index in [1.807, 2.05) is 20.8 Å². The topological polar surface area (TPSA) is 70.8 Å². The largest absolute Gasteiger partial charge is 0.459 e. The van der Waals surface area contributed by atoms with E-state index in [1.54, 1.807) is 0 Å². The van der Waals surface area contributed by atoms with Gasteiger partial charge in [0.15, 0.2) is 0 Å². The second-order valence-electron chi connectivity index (χ2n) is 5.29. The lowest BCUT2D eigenvalue weighted by Gasteiger charge is -2.25. The van der Waals surface area contributed by atoms with Crippen LogP contribution in [0.3, 0.4) is 0 Å². The van der Waals surface area contributed by atoms with Gasteiger partial charge in [0, 0.05) is 13.2 Å². The minimum absolute atomic E-state index is 0.150. The SMILES string of the molecule is CC(C)(C)OC(=O)[C@@H](N)COC1CCOCC1. The van der Waals surface area contributed by atoms with Crippen molar-refractivity contribution >= 4 is 5.97 Å². The Kier molecular flexibility index (Phi) is 5.36. The number of nitrogens with two attached hydrogens (primary N) is 1. The smallest absolute Gasteiger partial charge is 0.325 e. The van der Waals surface area contributed by atoms with E-state index in [-0.39, 0.29) is 12.7 Å². The summed E-state index contributed by atoms with van der Waals surface area (Å²) in [5.41, 5.74) is 5.20. The molecule has 17 heavy (non-hydrogen) atoms. The summed E-state index contributed by atoms with van der Waals surface area (Å²) in [7, 11) is 0. The van der Waals surface area contributed by atoms with Crippen LogP contribution in [-0.4, -0.2) is 43.5 Å². The van der Waals surface area contributed by atoms with Crippen LogP contribution in [0.15, 0.2) is 0 Å². The van der Waals surface area contributed by atoms with Gasteiger partial charge in [0.05, 0.1) is 12.7 Å². The molecule has 0 bridgehead atoms. The minimum atomic E-state index is -0.711. The number of ether oxygens (including phenoxy) is 3. The molecule has 1 aliphatic heterocycles. The molecule has 1 rings (SSSR count). The molecule has 0 spiro atoms. The van der Waals surface area contributed by atoms with Gasteiger partial charge in [-0.3, -0.25) is 4.79 Å². The Labute approximate surface area is 103 Å². The minimum Gasteiger partial charge on any atom is -0.459 e. The van der Waals surface area contributed by atoms with Crippen molar-refractivity contribution in [3.8, 4) is 0 Å². The van der Waals surface area contributed by atoms with E-state index in [9.17, 15) is 4.79 Å². The number of hydrogen-bond donors (Lipinski definition) is 1. The van der Waals surface area contributed by atoms with Gasteiger partial charge in [0.1, 0.15) is 11.6 Å². The van der Waals surface area contributed by atoms with Crippen LogP contribution >= 0.6 is 0 Å². The van der Waals surface area contributed by atoms with E-state index < -0.39 is 17.6 Å². The van der Waals surface area contributed by atoms with E-state index in [4.69, 9.17) is 19.9 Å². The van der Waals surface area contributed by atoms with Crippen LogP contribution < -0.4 is 5.73 Å². The first-order chi connectivity index (χ1) is 7.88. The van der Waals surface area contributed by atoms with Crippen molar-refractivity contribution in [2.24, 2.45) is 5.73 Å². The summed E-state index contributed by atoms with van der Waals surface area (Å²) in [5.74, 6) is -0.412. The number of carbonyl (C=O) groups excluding carboxylic acids is 1. The molecule has 0 unspecified atom stereocenters. The van der Waals surface area contributed by atoms with Crippen LogP contribution in [0, 0.1) is 0 Å². The van der Waals surface area contributed by atoms with Gasteiger partial charge in [-0.1, -0.05) is 0 Å². The number of carbonyl (C=O) groups is 1. The van der Waals surface area contributed by atoms with Gasteiger partial charge >= 0.3 is 5.97 Å². The van der Waals surface area contributed by atoms with Crippen molar-refractivity contribution < 1.29 is 19.0 Å². The Hall–Kier alpha value is -0.650. The van der Waals surface area contributed by atoms with E-state index in [2.05, 4.69) is 0 Å². The molecule has 0 aromatic rings. The summed E-state index contributed by atoms with van der Waals surface area (Å²) in [6.07, 6.45) is 1.87. The molecule has 5 heteroatoms. The molecule has 1 aliphatic rings. The molecule has 0 radical (unpaired) electrons. The van der Waals surface area contributed by atoms with Crippen LogP contribution in [0.2, 0.25) is 0 Å². The standard InChI is InChI=1S/C12H23NO4/c1-12(2,3)17-11(14)10(13)8-16-9-4-6-15-7-5-9/h9-10H,4-8,13H2,1-3H3/t10-/m0/s1. The quantitative estimate of drug-likeness (QED) is 0.743.